The van der Waals surface area contributed by atoms with E-state index in [4.69, 9.17) is 11.6 Å². The topological polar surface area (TPSA) is 29.1 Å². The number of nitrogens with one attached hydrogen (secondary N) is 1. The fraction of sp³-hybridized carbons (Fsp3) is 0.211. The van der Waals surface area contributed by atoms with Crippen LogP contribution in [0.5, 0.6) is 0 Å². The van der Waals surface area contributed by atoms with Crippen molar-refractivity contribution in [3.8, 4) is 0 Å². The zero-order valence-electron chi connectivity index (χ0n) is 13.1. The molecule has 0 aliphatic heterocycles. The summed E-state index contributed by atoms with van der Waals surface area (Å²) in [4.78, 5) is 11.9. The highest BCUT2D eigenvalue weighted by molar-refractivity contribution is 6.32. The minimum absolute atomic E-state index is 0.205. The number of rotatable bonds is 5. The summed E-state index contributed by atoms with van der Waals surface area (Å²) < 4.78 is 13.6. The molecule has 0 saturated carbocycles. The Hall–Kier alpha value is -2.13. The van der Waals surface area contributed by atoms with Crippen LogP contribution >= 0.6 is 11.6 Å². The largest absolute Gasteiger partial charge is 0.323 e. The molecule has 0 spiro atoms. The van der Waals surface area contributed by atoms with E-state index in [-0.39, 0.29) is 16.5 Å². The van der Waals surface area contributed by atoms with E-state index in [0.717, 1.165) is 6.42 Å². The summed E-state index contributed by atoms with van der Waals surface area (Å²) in [6.45, 7) is 4.30. The molecular formula is C19H19ClFNO. The van der Waals surface area contributed by atoms with Gasteiger partial charge in [-0.25, -0.2) is 4.39 Å². The summed E-state index contributed by atoms with van der Waals surface area (Å²) in [5, 5.41) is 3.01. The number of amides is 1. The van der Waals surface area contributed by atoms with E-state index in [1.54, 1.807) is 6.07 Å². The van der Waals surface area contributed by atoms with Crippen LogP contribution in [0.25, 0.3) is 6.08 Å². The molecule has 2 rings (SSSR count). The Labute approximate surface area is 141 Å². The van der Waals surface area contributed by atoms with E-state index in [2.05, 4.69) is 19.2 Å². The van der Waals surface area contributed by atoms with Gasteiger partial charge in [0.2, 0.25) is 5.91 Å². The Morgan fingerprint density at radius 1 is 1.26 bits per heavy atom. The van der Waals surface area contributed by atoms with Gasteiger partial charge in [0, 0.05) is 17.3 Å². The molecule has 1 N–H and O–H groups in total. The van der Waals surface area contributed by atoms with Crippen LogP contribution in [0.3, 0.4) is 0 Å². The fourth-order valence-corrected chi connectivity index (χ4v) is 2.37. The first-order chi connectivity index (χ1) is 11.0. The lowest BCUT2D eigenvalue weighted by Gasteiger charge is -2.09. The number of carbonyl (C=O) groups excluding carboxylic acids is 1. The molecule has 2 nitrogen and oxygen atoms in total. The molecule has 2 aromatic carbocycles. The number of benzene rings is 2. The molecule has 0 saturated heterocycles. The van der Waals surface area contributed by atoms with Crippen LogP contribution in [0, 0.1) is 5.82 Å². The number of hydrogen-bond donors (Lipinski definition) is 1. The van der Waals surface area contributed by atoms with Crippen LogP contribution in [0.4, 0.5) is 10.1 Å². The SMILES string of the molecule is CCC(C)c1ccc(NC(=O)C=Cc2c(F)cccc2Cl)cc1. The highest BCUT2D eigenvalue weighted by atomic mass is 35.5. The predicted molar refractivity (Wildman–Crippen MR) is 94.2 cm³/mol. The fourth-order valence-electron chi connectivity index (χ4n) is 2.14. The molecule has 1 amide bonds. The molecule has 0 aliphatic rings. The number of halogens is 2. The van der Waals surface area contributed by atoms with Crippen molar-refractivity contribution in [2.45, 2.75) is 26.2 Å². The van der Waals surface area contributed by atoms with Crippen LogP contribution in [-0.4, -0.2) is 5.91 Å². The van der Waals surface area contributed by atoms with Crippen molar-refractivity contribution < 1.29 is 9.18 Å². The van der Waals surface area contributed by atoms with Crippen molar-refractivity contribution in [3.05, 3.63) is 70.5 Å². The second kappa shape index (κ2) is 7.93. The van der Waals surface area contributed by atoms with Gasteiger partial charge in [-0.2, -0.15) is 0 Å². The first-order valence-corrected chi connectivity index (χ1v) is 7.92. The van der Waals surface area contributed by atoms with Gasteiger partial charge in [-0.1, -0.05) is 43.6 Å². The number of hydrogen-bond acceptors (Lipinski definition) is 1. The number of carbonyl (C=O) groups is 1. The van der Waals surface area contributed by atoms with Crippen LogP contribution in [0.2, 0.25) is 5.02 Å². The van der Waals surface area contributed by atoms with E-state index in [1.807, 2.05) is 24.3 Å². The van der Waals surface area contributed by atoms with E-state index >= 15 is 0 Å². The summed E-state index contributed by atoms with van der Waals surface area (Å²) in [6.07, 6.45) is 3.71. The summed E-state index contributed by atoms with van der Waals surface area (Å²) in [5.74, 6) is -0.303. The first-order valence-electron chi connectivity index (χ1n) is 7.54. The van der Waals surface area contributed by atoms with Gasteiger partial charge in [0.25, 0.3) is 0 Å². The average Bonchev–Trinajstić information content (AvgIpc) is 2.54. The minimum Gasteiger partial charge on any atom is -0.323 e. The van der Waals surface area contributed by atoms with Gasteiger partial charge in [0.05, 0.1) is 5.02 Å². The molecule has 2 aromatic rings. The maximum Gasteiger partial charge on any atom is 0.248 e. The monoisotopic (exact) mass is 331 g/mol. The highest BCUT2D eigenvalue weighted by Crippen LogP contribution is 2.21. The van der Waals surface area contributed by atoms with E-state index in [0.29, 0.717) is 11.6 Å². The smallest absolute Gasteiger partial charge is 0.248 e. The zero-order valence-corrected chi connectivity index (χ0v) is 13.9. The van der Waals surface area contributed by atoms with Gasteiger partial charge in [-0.05, 0) is 48.2 Å². The lowest BCUT2D eigenvalue weighted by Crippen LogP contribution is -2.07. The number of anilines is 1. The lowest BCUT2D eigenvalue weighted by molar-refractivity contribution is -0.111. The molecule has 0 bridgehead atoms. The van der Waals surface area contributed by atoms with E-state index < -0.39 is 5.82 Å². The molecule has 0 aliphatic carbocycles. The Morgan fingerprint density at radius 3 is 2.57 bits per heavy atom. The van der Waals surface area contributed by atoms with Crippen molar-refractivity contribution in [2.24, 2.45) is 0 Å². The molecule has 0 radical (unpaired) electrons. The van der Waals surface area contributed by atoms with E-state index in [1.165, 1.54) is 29.8 Å². The van der Waals surface area contributed by atoms with Gasteiger partial charge < -0.3 is 5.32 Å². The first kappa shape index (κ1) is 17.2. The van der Waals surface area contributed by atoms with Crippen LogP contribution < -0.4 is 5.32 Å². The van der Waals surface area contributed by atoms with E-state index in [9.17, 15) is 9.18 Å². The van der Waals surface area contributed by atoms with Crippen molar-refractivity contribution in [3.63, 3.8) is 0 Å². The normalized spacial score (nSPS) is 12.3. The van der Waals surface area contributed by atoms with Crippen LogP contribution in [0.15, 0.2) is 48.5 Å². The molecular weight excluding hydrogens is 313 g/mol. The molecule has 1 unspecified atom stereocenters. The summed E-state index contributed by atoms with van der Waals surface area (Å²) in [5.41, 5.74) is 2.14. The third kappa shape index (κ3) is 4.67. The molecule has 120 valence electrons. The summed E-state index contributed by atoms with van der Waals surface area (Å²) >= 11 is 5.91. The Kier molecular flexibility index (Phi) is 5.94. The lowest BCUT2D eigenvalue weighted by atomic mass is 9.99. The second-order valence-corrected chi connectivity index (χ2v) is 5.80. The predicted octanol–water partition coefficient (Wildman–Crippen LogP) is 5.64. The summed E-state index contributed by atoms with van der Waals surface area (Å²) in [7, 11) is 0. The van der Waals surface area contributed by atoms with Gasteiger partial charge >= 0.3 is 0 Å². The Balaban J connectivity index is 2.03. The second-order valence-electron chi connectivity index (χ2n) is 5.39. The van der Waals surface area contributed by atoms with Crippen molar-refractivity contribution >= 4 is 29.3 Å². The third-order valence-electron chi connectivity index (χ3n) is 3.76. The standard InChI is InChI=1S/C19H19ClFNO/c1-3-13(2)14-7-9-15(10-8-14)22-19(23)12-11-16-17(20)5-4-6-18(16)21/h4-13H,3H2,1-2H3,(H,22,23). The highest BCUT2D eigenvalue weighted by Gasteiger charge is 2.05. The van der Waals surface area contributed by atoms with Gasteiger partial charge in [-0.15, -0.1) is 0 Å². The maximum atomic E-state index is 13.6. The minimum atomic E-state index is -0.459. The molecule has 4 heteroatoms. The zero-order chi connectivity index (χ0) is 16.8. The quantitative estimate of drug-likeness (QED) is 0.705. The molecule has 1 atom stereocenters. The van der Waals surface area contributed by atoms with Crippen molar-refractivity contribution in [2.75, 3.05) is 5.32 Å². The van der Waals surface area contributed by atoms with Gasteiger partial charge in [-0.3, -0.25) is 4.79 Å². The van der Waals surface area contributed by atoms with Gasteiger partial charge in [0.1, 0.15) is 5.82 Å². The molecule has 23 heavy (non-hydrogen) atoms. The molecule has 0 fully saturated rings. The molecule has 0 heterocycles. The average molecular weight is 332 g/mol. The van der Waals surface area contributed by atoms with Gasteiger partial charge in [0.15, 0.2) is 0 Å². The summed E-state index contributed by atoms with van der Waals surface area (Å²) in [6, 6.07) is 12.1. The van der Waals surface area contributed by atoms with Crippen molar-refractivity contribution in [1.29, 1.82) is 0 Å². The maximum absolute atomic E-state index is 13.6. The molecule has 0 aromatic heterocycles. The Bertz CT molecular complexity index is 690. The Morgan fingerprint density at radius 2 is 1.96 bits per heavy atom. The van der Waals surface area contributed by atoms with Crippen LogP contribution in [-0.2, 0) is 4.79 Å². The van der Waals surface area contributed by atoms with Crippen LogP contribution in [0.1, 0.15) is 37.3 Å². The third-order valence-corrected chi connectivity index (χ3v) is 4.09. The van der Waals surface area contributed by atoms with Crippen molar-refractivity contribution in [1.82, 2.24) is 0 Å².